The van der Waals surface area contributed by atoms with Crippen LogP contribution in [0.1, 0.15) is 17.1 Å². The highest BCUT2D eigenvalue weighted by molar-refractivity contribution is 6.02. The molecule has 1 amide bonds. The molecule has 2 heterocycles. The fraction of sp³-hybridized carbons (Fsp3) is 0.0833. The zero-order chi connectivity index (χ0) is 21.1. The number of aromatic nitrogens is 2. The number of rotatable bonds is 5. The molecule has 0 aliphatic carbocycles. The molecule has 0 spiro atoms. The van der Waals surface area contributed by atoms with Crippen molar-refractivity contribution in [1.29, 1.82) is 0 Å². The number of anilines is 1. The van der Waals surface area contributed by atoms with Crippen LogP contribution in [-0.2, 0) is 4.79 Å². The van der Waals surface area contributed by atoms with Gasteiger partial charge < -0.3 is 9.73 Å². The first kappa shape index (κ1) is 19.4. The first-order valence-electron chi connectivity index (χ1n) is 9.48. The van der Waals surface area contributed by atoms with E-state index >= 15 is 0 Å². The molecule has 0 aliphatic heterocycles. The maximum atomic E-state index is 13.9. The second-order valence-corrected chi connectivity index (χ2v) is 6.80. The Morgan fingerprint density at radius 2 is 1.77 bits per heavy atom. The van der Waals surface area contributed by atoms with Crippen LogP contribution in [-0.4, -0.2) is 15.7 Å². The van der Waals surface area contributed by atoms with E-state index in [1.54, 1.807) is 41.1 Å². The molecule has 0 saturated heterocycles. The third kappa shape index (κ3) is 3.93. The van der Waals surface area contributed by atoms with Crippen LogP contribution in [0, 0.1) is 19.7 Å². The van der Waals surface area contributed by atoms with Crippen LogP contribution in [0.25, 0.3) is 23.1 Å². The summed E-state index contributed by atoms with van der Waals surface area (Å²) in [7, 11) is 0. The van der Waals surface area contributed by atoms with Crippen molar-refractivity contribution in [3.05, 3.63) is 95.8 Å². The Kier molecular flexibility index (Phi) is 5.30. The van der Waals surface area contributed by atoms with Crippen molar-refractivity contribution in [2.75, 3.05) is 5.32 Å². The van der Waals surface area contributed by atoms with Crippen molar-refractivity contribution in [3.63, 3.8) is 0 Å². The summed E-state index contributed by atoms with van der Waals surface area (Å²) in [6.45, 7) is 3.75. The van der Waals surface area contributed by atoms with E-state index in [9.17, 15) is 9.18 Å². The van der Waals surface area contributed by atoms with Gasteiger partial charge in [0.05, 0.1) is 28.3 Å². The molecule has 6 heteroatoms. The minimum atomic E-state index is -0.360. The predicted molar refractivity (Wildman–Crippen MR) is 115 cm³/mol. The Morgan fingerprint density at radius 1 is 1.03 bits per heavy atom. The highest BCUT2D eigenvalue weighted by Gasteiger charge is 2.14. The summed E-state index contributed by atoms with van der Waals surface area (Å²) in [6.07, 6.45) is 2.93. The molecule has 0 saturated carbocycles. The van der Waals surface area contributed by atoms with Gasteiger partial charge in [-0.1, -0.05) is 30.3 Å². The largest absolute Gasteiger partial charge is 0.457 e. The maximum Gasteiger partial charge on any atom is 0.248 e. The van der Waals surface area contributed by atoms with Crippen molar-refractivity contribution < 1.29 is 13.6 Å². The summed E-state index contributed by atoms with van der Waals surface area (Å²) in [5, 5.41) is 7.40. The van der Waals surface area contributed by atoms with Gasteiger partial charge in [-0.3, -0.25) is 4.79 Å². The van der Waals surface area contributed by atoms with Gasteiger partial charge in [-0.05, 0) is 56.3 Å². The molecule has 0 bridgehead atoms. The highest BCUT2D eigenvalue weighted by atomic mass is 19.1. The summed E-state index contributed by atoms with van der Waals surface area (Å²) in [4.78, 5) is 12.4. The molecule has 150 valence electrons. The number of aryl methyl sites for hydroxylation is 1. The molecule has 4 aromatic rings. The molecule has 1 N–H and O–H groups in total. The van der Waals surface area contributed by atoms with Crippen LogP contribution in [0.4, 0.5) is 10.1 Å². The van der Waals surface area contributed by atoms with E-state index < -0.39 is 0 Å². The normalized spacial score (nSPS) is 11.2. The Morgan fingerprint density at radius 3 is 2.53 bits per heavy atom. The molecule has 5 nitrogen and oxygen atoms in total. The quantitative estimate of drug-likeness (QED) is 0.447. The van der Waals surface area contributed by atoms with Gasteiger partial charge in [0.1, 0.15) is 17.3 Å². The number of carbonyl (C=O) groups excluding carboxylic acids is 1. The van der Waals surface area contributed by atoms with Gasteiger partial charge in [0.15, 0.2) is 0 Å². The van der Waals surface area contributed by atoms with Crippen LogP contribution in [0.2, 0.25) is 0 Å². The fourth-order valence-electron chi connectivity index (χ4n) is 3.22. The lowest BCUT2D eigenvalue weighted by atomic mass is 10.1. The molecule has 0 aliphatic rings. The van der Waals surface area contributed by atoms with Gasteiger partial charge in [0.25, 0.3) is 0 Å². The number of amides is 1. The number of nitrogens with one attached hydrogen (secondary N) is 1. The Balaban J connectivity index is 1.49. The lowest BCUT2D eigenvalue weighted by Crippen LogP contribution is -2.09. The number of furan rings is 1. The number of carbonyl (C=O) groups is 1. The third-order valence-corrected chi connectivity index (χ3v) is 4.71. The molecule has 4 rings (SSSR count). The molecule has 0 atom stereocenters. The van der Waals surface area contributed by atoms with Gasteiger partial charge in [-0.25, -0.2) is 9.07 Å². The van der Waals surface area contributed by atoms with E-state index in [1.165, 1.54) is 12.1 Å². The Hall–Kier alpha value is -3.93. The average Bonchev–Trinajstić information content (AvgIpc) is 3.33. The second kappa shape index (κ2) is 8.21. The number of halogens is 1. The highest BCUT2D eigenvalue weighted by Crippen LogP contribution is 2.26. The van der Waals surface area contributed by atoms with Crippen LogP contribution < -0.4 is 5.32 Å². The molecule has 2 aromatic heterocycles. The molecule has 2 aromatic carbocycles. The zero-order valence-electron chi connectivity index (χ0n) is 16.6. The van der Waals surface area contributed by atoms with E-state index in [0.29, 0.717) is 22.8 Å². The van der Waals surface area contributed by atoms with Crippen LogP contribution >= 0.6 is 0 Å². The number of para-hydroxylation sites is 1. The molecule has 0 radical (unpaired) electrons. The SMILES string of the molecule is Cc1nn(-c2ccccc2)c(C)c1NC(=O)C=Cc1ccc(-c2ccccc2F)o1. The summed E-state index contributed by atoms with van der Waals surface area (Å²) in [5.41, 5.74) is 3.52. The van der Waals surface area contributed by atoms with Gasteiger partial charge in [-0.2, -0.15) is 5.10 Å². The minimum absolute atomic E-state index is 0.308. The monoisotopic (exact) mass is 401 g/mol. The van der Waals surface area contributed by atoms with E-state index in [2.05, 4.69) is 10.4 Å². The Labute approximate surface area is 173 Å². The molecule has 0 unspecified atom stereocenters. The van der Waals surface area contributed by atoms with Gasteiger partial charge in [0.2, 0.25) is 5.91 Å². The standard InChI is InChI=1S/C24H20FN3O2/c1-16-24(17(2)28(27-16)18-8-4-3-5-9-18)26-23(29)15-13-19-12-14-22(30-19)20-10-6-7-11-21(20)25/h3-15H,1-2H3,(H,26,29). The van der Waals surface area contributed by atoms with Crippen LogP contribution in [0.5, 0.6) is 0 Å². The summed E-state index contributed by atoms with van der Waals surface area (Å²) in [6, 6.07) is 19.5. The van der Waals surface area contributed by atoms with Crippen molar-refractivity contribution >= 4 is 17.7 Å². The topological polar surface area (TPSA) is 60.1 Å². The van der Waals surface area contributed by atoms with E-state index in [1.807, 2.05) is 44.2 Å². The average molecular weight is 401 g/mol. The van der Waals surface area contributed by atoms with Gasteiger partial charge in [-0.15, -0.1) is 0 Å². The smallest absolute Gasteiger partial charge is 0.248 e. The fourth-order valence-corrected chi connectivity index (χ4v) is 3.22. The van der Waals surface area contributed by atoms with Crippen molar-refractivity contribution in [2.45, 2.75) is 13.8 Å². The van der Waals surface area contributed by atoms with E-state index in [0.717, 1.165) is 17.1 Å². The summed E-state index contributed by atoms with van der Waals surface area (Å²) in [5.74, 6) is 0.194. The van der Waals surface area contributed by atoms with E-state index in [4.69, 9.17) is 4.42 Å². The number of hydrogen-bond donors (Lipinski definition) is 1. The first-order chi connectivity index (χ1) is 14.5. The predicted octanol–water partition coefficient (Wildman–Crippen LogP) is 5.54. The summed E-state index contributed by atoms with van der Waals surface area (Å²) < 4.78 is 21.3. The van der Waals surface area contributed by atoms with Crippen molar-refractivity contribution in [3.8, 4) is 17.0 Å². The number of hydrogen-bond acceptors (Lipinski definition) is 3. The Bertz CT molecular complexity index is 1220. The number of benzene rings is 2. The lowest BCUT2D eigenvalue weighted by Gasteiger charge is -2.05. The maximum absolute atomic E-state index is 13.9. The summed E-state index contributed by atoms with van der Waals surface area (Å²) >= 11 is 0. The zero-order valence-corrected chi connectivity index (χ0v) is 16.6. The third-order valence-electron chi connectivity index (χ3n) is 4.71. The molecular weight excluding hydrogens is 381 g/mol. The minimum Gasteiger partial charge on any atom is -0.457 e. The second-order valence-electron chi connectivity index (χ2n) is 6.80. The van der Waals surface area contributed by atoms with Gasteiger partial charge in [0, 0.05) is 6.08 Å². The van der Waals surface area contributed by atoms with Crippen molar-refractivity contribution in [1.82, 2.24) is 9.78 Å². The van der Waals surface area contributed by atoms with Crippen LogP contribution in [0.3, 0.4) is 0 Å². The van der Waals surface area contributed by atoms with Gasteiger partial charge >= 0.3 is 0 Å². The molecule has 0 fully saturated rings. The van der Waals surface area contributed by atoms with Crippen molar-refractivity contribution in [2.24, 2.45) is 0 Å². The first-order valence-corrected chi connectivity index (χ1v) is 9.48. The van der Waals surface area contributed by atoms with Crippen LogP contribution in [0.15, 0.2) is 77.2 Å². The molecular formula is C24H20FN3O2. The molecule has 30 heavy (non-hydrogen) atoms. The lowest BCUT2D eigenvalue weighted by molar-refractivity contribution is -0.111. The number of nitrogens with zero attached hydrogens (tertiary/aromatic N) is 2. The van der Waals surface area contributed by atoms with E-state index in [-0.39, 0.29) is 11.7 Å².